The second kappa shape index (κ2) is 12.1. The molecule has 6 nitrogen and oxygen atoms in total. The highest BCUT2D eigenvalue weighted by molar-refractivity contribution is 14.1. The number of hydrogen-bond acceptors (Lipinski definition) is 6. The minimum absolute atomic E-state index is 0.120. The van der Waals surface area contributed by atoms with Crippen LogP contribution >= 0.6 is 72.9 Å². The smallest absolute Gasteiger partial charge is 0.337 e. The van der Waals surface area contributed by atoms with E-state index in [2.05, 4.69) is 66.1 Å². The van der Waals surface area contributed by atoms with Crippen molar-refractivity contribution < 1.29 is 19.1 Å². The van der Waals surface area contributed by atoms with E-state index in [1.807, 2.05) is 42.5 Å². The second-order valence-electron chi connectivity index (χ2n) is 7.64. The first kappa shape index (κ1) is 27.1. The molecular formula is C26H19BrI2N2O4S. The van der Waals surface area contributed by atoms with Gasteiger partial charge in [0.25, 0.3) is 5.91 Å². The van der Waals surface area contributed by atoms with Crippen LogP contribution in [0.15, 0.2) is 75.0 Å². The highest BCUT2D eigenvalue weighted by Gasteiger charge is 2.30. The van der Waals surface area contributed by atoms with Crippen LogP contribution in [0.2, 0.25) is 0 Å². The van der Waals surface area contributed by atoms with E-state index in [0.29, 0.717) is 27.9 Å². The molecular weight excluding hydrogens is 770 g/mol. The number of carbonyl (C=O) groups excluding carboxylic acids is 2. The number of thioether (sulfide) groups is 1. The maximum Gasteiger partial charge on any atom is 0.337 e. The van der Waals surface area contributed by atoms with E-state index in [0.717, 1.165) is 28.5 Å². The quantitative estimate of drug-likeness (QED) is 0.150. The molecule has 0 aliphatic carbocycles. The molecule has 10 heteroatoms. The summed E-state index contributed by atoms with van der Waals surface area (Å²) < 4.78 is 13.8. The van der Waals surface area contributed by atoms with Gasteiger partial charge in [0.2, 0.25) is 0 Å². The maximum atomic E-state index is 12.9. The van der Waals surface area contributed by atoms with Gasteiger partial charge in [-0.15, -0.1) is 0 Å². The van der Waals surface area contributed by atoms with Crippen molar-refractivity contribution in [3.05, 3.63) is 93.9 Å². The van der Waals surface area contributed by atoms with Crippen LogP contribution in [0.4, 0.5) is 5.69 Å². The molecule has 1 aliphatic rings. The van der Waals surface area contributed by atoms with Gasteiger partial charge in [-0.05, 0) is 123 Å². The summed E-state index contributed by atoms with van der Waals surface area (Å²) in [7, 11) is 3.04. The molecule has 3 aromatic rings. The van der Waals surface area contributed by atoms with Gasteiger partial charge in [-0.1, -0.05) is 28.1 Å². The number of likely N-dealkylation sites (N-methyl/N-ethyl adjacent to an activating group) is 1. The van der Waals surface area contributed by atoms with E-state index in [4.69, 9.17) is 9.47 Å². The van der Waals surface area contributed by atoms with Crippen LogP contribution in [0.25, 0.3) is 6.08 Å². The van der Waals surface area contributed by atoms with Gasteiger partial charge in [0, 0.05) is 11.5 Å². The summed E-state index contributed by atoms with van der Waals surface area (Å²) in [4.78, 5) is 31.2. The Hall–Kier alpha value is -1.90. The van der Waals surface area contributed by atoms with Gasteiger partial charge < -0.3 is 9.47 Å². The van der Waals surface area contributed by atoms with E-state index >= 15 is 0 Å². The Morgan fingerprint density at radius 3 is 2.33 bits per heavy atom. The van der Waals surface area contributed by atoms with Crippen molar-refractivity contribution in [3.8, 4) is 5.75 Å². The fourth-order valence-corrected chi connectivity index (χ4v) is 6.62. The summed E-state index contributed by atoms with van der Waals surface area (Å²) in [6.45, 7) is 0.472. The number of amidine groups is 1. The lowest BCUT2D eigenvalue weighted by Gasteiger charge is -2.12. The molecule has 0 bridgehead atoms. The normalized spacial score (nSPS) is 15.6. The van der Waals surface area contributed by atoms with Crippen LogP contribution in [0.5, 0.6) is 5.75 Å². The Morgan fingerprint density at radius 2 is 1.72 bits per heavy atom. The molecule has 0 unspecified atom stereocenters. The number of ether oxygens (including phenoxy) is 2. The minimum atomic E-state index is -0.407. The lowest BCUT2D eigenvalue weighted by atomic mass is 10.2. The first-order valence-electron chi connectivity index (χ1n) is 10.6. The van der Waals surface area contributed by atoms with E-state index in [-0.39, 0.29) is 5.91 Å². The number of carbonyl (C=O) groups is 2. The first-order valence-corrected chi connectivity index (χ1v) is 14.3. The third-order valence-corrected chi connectivity index (χ3v) is 8.32. The zero-order valence-electron chi connectivity index (χ0n) is 19.1. The largest absolute Gasteiger partial charge is 0.487 e. The third kappa shape index (κ3) is 6.50. The van der Waals surface area contributed by atoms with E-state index < -0.39 is 5.97 Å². The van der Waals surface area contributed by atoms with Gasteiger partial charge in [-0.3, -0.25) is 9.69 Å². The van der Waals surface area contributed by atoms with Crippen molar-refractivity contribution in [2.45, 2.75) is 6.61 Å². The fourth-order valence-electron chi connectivity index (χ4n) is 3.24. The molecule has 1 fully saturated rings. The molecule has 0 atom stereocenters. The van der Waals surface area contributed by atoms with Crippen molar-refractivity contribution in [1.82, 2.24) is 4.90 Å². The topological polar surface area (TPSA) is 68.2 Å². The zero-order valence-corrected chi connectivity index (χ0v) is 25.8. The van der Waals surface area contributed by atoms with Crippen LogP contribution in [-0.2, 0) is 16.1 Å². The molecule has 0 spiro atoms. The molecule has 4 rings (SSSR count). The molecule has 1 heterocycles. The van der Waals surface area contributed by atoms with Gasteiger partial charge in [-0.25, -0.2) is 9.79 Å². The molecule has 1 aliphatic heterocycles. The highest BCUT2D eigenvalue weighted by atomic mass is 127. The molecule has 0 aromatic heterocycles. The van der Waals surface area contributed by atoms with Crippen LogP contribution in [0.1, 0.15) is 21.5 Å². The number of esters is 1. The molecule has 0 radical (unpaired) electrons. The summed E-state index contributed by atoms with van der Waals surface area (Å²) in [5.41, 5.74) is 3.08. The van der Waals surface area contributed by atoms with Crippen molar-refractivity contribution in [1.29, 1.82) is 0 Å². The summed E-state index contributed by atoms with van der Waals surface area (Å²) in [5, 5.41) is 0.566. The fraction of sp³-hybridized carbons (Fsp3) is 0.115. The molecule has 1 saturated heterocycles. The molecule has 0 N–H and O–H groups in total. The number of aliphatic imine (C=N–C) groups is 1. The Balaban J connectivity index is 1.51. The first-order chi connectivity index (χ1) is 17.2. The predicted octanol–water partition coefficient (Wildman–Crippen LogP) is 7.26. The number of amides is 1. The zero-order chi connectivity index (χ0) is 25.8. The van der Waals surface area contributed by atoms with E-state index in [9.17, 15) is 9.59 Å². The monoisotopic (exact) mass is 788 g/mol. The molecule has 1 amide bonds. The Labute approximate surface area is 248 Å². The Bertz CT molecular complexity index is 1350. The van der Waals surface area contributed by atoms with Crippen molar-refractivity contribution in [2.75, 3.05) is 14.2 Å². The SMILES string of the molecule is COC(=O)c1ccc(N=C2S/C(=C\c3cc(I)c(OCc4ccc(Br)cc4)c(I)c3)C(=O)N2C)cc1. The summed E-state index contributed by atoms with van der Waals surface area (Å²) in [6.07, 6.45) is 1.87. The summed E-state index contributed by atoms with van der Waals surface area (Å²) in [6, 6.07) is 18.8. The summed E-state index contributed by atoms with van der Waals surface area (Å²) >= 11 is 9.28. The summed E-state index contributed by atoms with van der Waals surface area (Å²) in [5.74, 6) is 0.294. The number of methoxy groups -OCH3 is 1. The van der Waals surface area contributed by atoms with Gasteiger partial charge in [0.05, 0.1) is 30.4 Å². The third-order valence-electron chi connectivity index (χ3n) is 5.13. The Morgan fingerprint density at radius 1 is 1.08 bits per heavy atom. The lowest BCUT2D eigenvalue weighted by Crippen LogP contribution is -2.23. The van der Waals surface area contributed by atoms with Gasteiger partial charge in [0.15, 0.2) is 5.17 Å². The number of nitrogens with zero attached hydrogens (tertiary/aromatic N) is 2. The second-order valence-corrected chi connectivity index (χ2v) is 11.9. The number of benzene rings is 3. The minimum Gasteiger partial charge on any atom is -0.487 e. The molecule has 3 aromatic carbocycles. The van der Waals surface area contributed by atoms with Gasteiger partial charge in [0.1, 0.15) is 12.4 Å². The van der Waals surface area contributed by atoms with Crippen LogP contribution in [-0.4, -0.2) is 36.1 Å². The Kier molecular flexibility index (Phi) is 9.12. The van der Waals surface area contributed by atoms with Crippen LogP contribution in [0.3, 0.4) is 0 Å². The average Bonchev–Trinajstić information content (AvgIpc) is 3.12. The molecule has 184 valence electrons. The number of halogens is 3. The van der Waals surface area contributed by atoms with Crippen LogP contribution in [0, 0.1) is 7.14 Å². The van der Waals surface area contributed by atoms with E-state index in [1.165, 1.54) is 23.8 Å². The average molecular weight is 789 g/mol. The van der Waals surface area contributed by atoms with Gasteiger partial charge in [-0.2, -0.15) is 0 Å². The van der Waals surface area contributed by atoms with Crippen molar-refractivity contribution in [3.63, 3.8) is 0 Å². The van der Waals surface area contributed by atoms with Crippen LogP contribution < -0.4 is 4.74 Å². The maximum absolute atomic E-state index is 12.9. The van der Waals surface area contributed by atoms with Crippen molar-refractivity contribution in [2.24, 2.45) is 4.99 Å². The van der Waals surface area contributed by atoms with E-state index in [1.54, 1.807) is 31.3 Å². The standard InChI is InChI=1S/C26H19BrI2N2O4S/c1-31-24(32)22(36-26(31)30-19-9-5-17(6-10-19)25(33)34-2)13-16-11-20(28)23(21(29)12-16)35-14-15-3-7-18(27)8-4-15/h3-13H,14H2,1-2H3/b22-13-,30-26?. The van der Waals surface area contributed by atoms with Crippen molar-refractivity contribution >= 4 is 102 Å². The highest BCUT2D eigenvalue weighted by Crippen LogP contribution is 2.35. The molecule has 36 heavy (non-hydrogen) atoms. The number of hydrogen-bond donors (Lipinski definition) is 0. The van der Waals surface area contributed by atoms with Gasteiger partial charge >= 0.3 is 5.97 Å². The predicted molar refractivity (Wildman–Crippen MR) is 164 cm³/mol. The lowest BCUT2D eigenvalue weighted by molar-refractivity contribution is -0.121. The molecule has 0 saturated carbocycles. The number of rotatable bonds is 6.